The fourth-order valence-corrected chi connectivity index (χ4v) is 2.51. The normalized spacial score (nSPS) is 21.0. The van der Waals surface area contributed by atoms with Crippen LogP contribution in [0.2, 0.25) is 0 Å². The zero-order chi connectivity index (χ0) is 15.5. The van der Waals surface area contributed by atoms with Crippen LogP contribution in [0, 0.1) is 18.8 Å². The molecule has 0 bridgehead atoms. The smallest absolute Gasteiger partial charge is 0.254 e. The Morgan fingerprint density at radius 2 is 2.24 bits per heavy atom. The van der Waals surface area contributed by atoms with Crippen LogP contribution in [0.5, 0.6) is 0 Å². The third-order valence-corrected chi connectivity index (χ3v) is 3.76. The minimum atomic E-state index is -0.790. The van der Waals surface area contributed by atoms with Gasteiger partial charge in [0.1, 0.15) is 0 Å². The van der Waals surface area contributed by atoms with Gasteiger partial charge in [-0.05, 0) is 38.0 Å². The Hall–Kier alpha value is -1.83. The third kappa shape index (κ3) is 3.63. The molecule has 1 atom stereocenters. The topological polar surface area (TPSA) is 60.8 Å². The highest BCUT2D eigenvalue weighted by Gasteiger charge is 2.34. The molecule has 1 saturated heterocycles. The van der Waals surface area contributed by atoms with Crippen molar-refractivity contribution in [3.8, 4) is 11.8 Å². The van der Waals surface area contributed by atoms with E-state index in [1.165, 1.54) is 0 Å². The maximum absolute atomic E-state index is 12.6. The minimum Gasteiger partial charge on any atom is -0.395 e. The Labute approximate surface area is 125 Å². The van der Waals surface area contributed by atoms with E-state index in [0.717, 1.165) is 11.1 Å². The Morgan fingerprint density at radius 3 is 2.86 bits per heavy atom. The fourth-order valence-electron chi connectivity index (χ4n) is 2.51. The monoisotopic (exact) mass is 287 g/mol. The molecule has 1 aromatic carbocycles. The molecule has 1 fully saturated rings. The van der Waals surface area contributed by atoms with Gasteiger partial charge in [-0.2, -0.15) is 0 Å². The van der Waals surface area contributed by atoms with E-state index in [0.29, 0.717) is 31.5 Å². The Kier molecular flexibility index (Phi) is 4.66. The number of aliphatic hydroxyl groups is 2. The molecule has 2 rings (SSSR count). The molecule has 1 unspecified atom stereocenters. The van der Waals surface area contributed by atoms with E-state index >= 15 is 0 Å². The highest BCUT2D eigenvalue weighted by Crippen LogP contribution is 2.23. The highest BCUT2D eigenvalue weighted by atomic mass is 16.3. The van der Waals surface area contributed by atoms with Gasteiger partial charge in [-0.1, -0.05) is 17.9 Å². The molecule has 21 heavy (non-hydrogen) atoms. The van der Waals surface area contributed by atoms with Gasteiger partial charge in [0.05, 0.1) is 12.2 Å². The summed E-state index contributed by atoms with van der Waals surface area (Å²) in [5, 5.41) is 18.7. The first kappa shape index (κ1) is 15.6. The lowest BCUT2D eigenvalue weighted by Crippen LogP contribution is -2.34. The molecule has 0 saturated carbocycles. The molecule has 1 aliphatic heterocycles. The van der Waals surface area contributed by atoms with Gasteiger partial charge in [-0.3, -0.25) is 4.79 Å². The van der Waals surface area contributed by atoms with Crippen LogP contribution in [0.4, 0.5) is 0 Å². The summed E-state index contributed by atoms with van der Waals surface area (Å²) in [5.74, 6) is 5.80. The van der Waals surface area contributed by atoms with Crippen LogP contribution < -0.4 is 0 Å². The molecule has 0 radical (unpaired) electrons. The highest BCUT2D eigenvalue weighted by molar-refractivity contribution is 5.96. The Balaban J connectivity index is 2.23. The second kappa shape index (κ2) is 6.30. The van der Waals surface area contributed by atoms with Crippen LogP contribution in [0.1, 0.15) is 41.3 Å². The lowest BCUT2D eigenvalue weighted by Gasteiger charge is -2.20. The largest absolute Gasteiger partial charge is 0.395 e. The average Bonchev–Trinajstić information content (AvgIpc) is 2.80. The fraction of sp³-hybridized carbons (Fsp3) is 0.471. The second-order valence-corrected chi connectivity index (χ2v) is 5.73. The van der Waals surface area contributed by atoms with E-state index in [1.54, 1.807) is 17.9 Å². The summed E-state index contributed by atoms with van der Waals surface area (Å²) in [7, 11) is 0. The summed E-state index contributed by atoms with van der Waals surface area (Å²) in [6, 6.07) is 5.48. The number of β-amino-alcohol motifs (C(OH)–C–C–N with tert-alkyl or cyclic N) is 1. The number of rotatable bonds is 2. The number of carbonyl (C=O) groups excluding carboxylic acids is 1. The predicted molar refractivity (Wildman–Crippen MR) is 80.9 cm³/mol. The molecule has 0 spiro atoms. The van der Waals surface area contributed by atoms with Gasteiger partial charge in [0.2, 0.25) is 0 Å². The standard InChI is InChI=1S/C17H21NO3/c1-13-14(6-3-4-11-19)7-5-8-15(13)16(20)18-10-9-17(2,21)12-18/h5,7-8,19,21H,4,9-12H2,1-2H3. The number of hydrogen-bond donors (Lipinski definition) is 2. The van der Waals surface area contributed by atoms with Crippen molar-refractivity contribution in [2.75, 3.05) is 19.7 Å². The molecule has 112 valence electrons. The van der Waals surface area contributed by atoms with E-state index in [1.807, 2.05) is 19.1 Å². The van der Waals surface area contributed by atoms with Crippen molar-refractivity contribution >= 4 is 5.91 Å². The SMILES string of the molecule is Cc1c(C#CCCO)cccc1C(=O)N1CCC(C)(O)C1. The zero-order valence-corrected chi connectivity index (χ0v) is 12.5. The number of carbonyl (C=O) groups is 1. The van der Waals surface area contributed by atoms with Crippen LogP contribution in [0.3, 0.4) is 0 Å². The molecule has 4 nitrogen and oxygen atoms in total. The number of amides is 1. The molecule has 2 N–H and O–H groups in total. The maximum Gasteiger partial charge on any atom is 0.254 e. The molecule has 1 amide bonds. The zero-order valence-electron chi connectivity index (χ0n) is 12.5. The van der Waals surface area contributed by atoms with Crippen LogP contribution in [0.25, 0.3) is 0 Å². The van der Waals surface area contributed by atoms with E-state index in [9.17, 15) is 9.90 Å². The van der Waals surface area contributed by atoms with Gasteiger partial charge in [0.25, 0.3) is 5.91 Å². The van der Waals surface area contributed by atoms with Crippen molar-refractivity contribution in [2.24, 2.45) is 0 Å². The lowest BCUT2D eigenvalue weighted by atomic mass is 10.0. The van der Waals surface area contributed by atoms with Gasteiger partial charge < -0.3 is 15.1 Å². The summed E-state index contributed by atoms with van der Waals surface area (Å²) in [5.41, 5.74) is 1.49. The number of aliphatic hydroxyl groups excluding tert-OH is 1. The van der Waals surface area contributed by atoms with Crippen LogP contribution in [-0.4, -0.2) is 46.3 Å². The number of benzene rings is 1. The van der Waals surface area contributed by atoms with Gasteiger partial charge in [0, 0.05) is 30.6 Å². The Bertz CT molecular complexity index is 596. The molecule has 1 aliphatic rings. The average molecular weight is 287 g/mol. The van der Waals surface area contributed by atoms with Crippen molar-refractivity contribution in [3.05, 3.63) is 34.9 Å². The molecular weight excluding hydrogens is 266 g/mol. The third-order valence-electron chi connectivity index (χ3n) is 3.76. The predicted octanol–water partition coefficient (Wildman–Crippen LogP) is 1.33. The molecule has 0 aromatic heterocycles. The summed E-state index contributed by atoms with van der Waals surface area (Å²) in [6.45, 7) is 4.61. The minimum absolute atomic E-state index is 0.0352. The quantitative estimate of drug-likeness (QED) is 0.807. The first-order valence-corrected chi connectivity index (χ1v) is 7.15. The van der Waals surface area contributed by atoms with E-state index in [4.69, 9.17) is 5.11 Å². The van der Waals surface area contributed by atoms with Crippen molar-refractivity contribution < 1.29 is 15.0 Å². The van der Waals surface area contributed by atoms with Crippen molar-refractivity contribution in [2.45, 2.75) is 32.3 Å². The molecule has 4 heteroatoms. The van der Waals surface area contributed by atoms with Gasteiger partial charge >= 0.3 is 0 Å². The van der Waals surface area contributed by atoms with Crippen LogP contribution in [0.15, 0.2) is 18.2 Å². The summed E-state index contributed by atoms with van der Waals surface area (Å²) in [4.78, 5) is 14.3. The van der Waals surface area contributed by atoms with Crippen molar-refractivity contribution in [1.82, 2.24) is 4.90 Å². The van der Waals surface area contributed by atoms with E-state index in [-0.39, 0.29) is 12.5 Å². The van der Waals surface area contributed by atoms with Crippen molar-refractivity contribution in [3.63, 3.8) is 0 Å². The van der Waals surface area contributed by atoms with Crippen LogP contribution in [-0.2, 0) is 0 Å². The van der Waals surface area contributed by atoms with Crippen molar-refractivity contribution in [1.29, 1.82) is 0 Å². The van der Waals surface area contributed by atoms with Crippen LogP contribution >= 0.6 is 0 Å². The number of likely N-dealkylation sites (tertiary alicyclic amines) is 1. The first-order chi connectivity index (χ1) is 9.94. The number of nitrogens with zero attached hydrogens (tertiary/aromatic N) is 1. The van der Waals surface area contributed by atoms with Gasteiger partial charge in [-0.25, -0.2) is 0 Å². The summed E-state index contributed by atoms with van der Waals surface area (Å²) >= 11 is 0. The second-order valence-electron chi connectivity index (χ2n) is 5.73. The van der Waals surface area contributed by atoms with E-state index in [2.05, 4.69) is 11.8 Å². The first-order valence-electron chi connectivity index (χ1n) is 7.15. The molecule has 0 aliphatic carbocycles. The molecule has 1 aromatic rings. The summed E-state index contributed by atoms with van der Waals surface area (Å²) < 4.78 is 0. The van der Waals surface area contributed by atoms with Gasteiger partial charge in [0.15, 0.2) is 0 Å². The molecular formula is C17H21NO3. The number of hydrogen-bond acceptors (Lipinski definition) is 3. The molecule has 1 heterocycles. The summed E-state index contributed by atoms with van der Waals surface area (Å²) in [6.07, 6.45) is 1.03. The van der Waals surface area contributed by atoms with E-state index < -0.39 is 5.60 Å². The Morgan fingerprint density at radius 1 is 1.48 bits per heavy atom. The van der Waals surface area contributed by atoms with Gasteiger partial charge in [-0.15, -0.1) is 0 Å². The lowest BCUT2D eigenvalue weighted by molar-refractivity contribution is 0.0571. The maximum atomic E-state index is 12.6.